The molecule has 1 aliphatic rings. The van der Waals surface area contributed by atoms with Crippen LogP contribution in [0.1, 0.15) is 50.7 Å². The molecule has 1 aliphatic carbocycles. The zero-order valence-corrected chi connectivity index (χ0v) is 14.0. The van der Waals surface area contributed by atoms with Crippen molar-refractivity contribution in [3.05, 3.63) is 53.1 Å². The van der Waals surface area contributed by atoms with Crippen molar-refractivity contribution in [3.63, 3.8) is 0 Å². The van der Waals surface area contributed by atoms with Gasteiger partial charge in [0, 0.05) is 11.5 Å². The van der Waals surface area contributed by atoms with Crippen LogP contribution in [0.25, 0.3) is 6.08 Å². The van der Waals surface area contributed by atoms with Crippen molar-refractivity contribution >= 4 is 11.9 Å². The van der Waals surface area contributed by atoms with Crippen molar-refractivity contribution in [1.82, 2.24) is 0 Å². The van der Waals surface area contributed by atoms with Crippen LogP contribution in [-0.4, -0.2) is 16.0 Å². The number of hydrogen-bond donors (Lipinski definition) is 2. The molecule has 0 aliphatic heterocycles. The van der Waals surface area contributed by atoms with E-state index in [1.165, 1.54) is 18.6 Å². The number of phenolic OH excluding ortho intramolecular Hbond substituents is 2. The van der Waals surface area contributed by atoms with Gasteiger partial charge in [-0.05, 0) is 63.3 Å². The zero-order valence-electron chi connectivity index (χ0n) is 14.0. The van der Waals surface area contributed by atoms with Gasteiger partial charge in [0.05, 0.1) is 0 Å². The SMILES string of the molecule is C=C(C)[C@@H]1CCC(C)=C[C@H]1c1c(O)cc(/C=C/C(C)=O)cc1O. The van der Waals surface area contributed by atoms with E-state index in [0.717, 1.165) is 18.4 Å². The molecule has 0 heterocycles. The molecule has 3 nitrogen and oxygen atoms in total. The Kier molecular flexibility index (Phi) is 5.09. The Morgan fingerprint density at radius 1 is 1.26 bits per heavy atom. The molecule has 2 rings (SSSR count). The Morgan fingerprint density at radius 3 is 2.39 bits per heavy atom. The highest BCUT2D eigenvalue weighted by Crippen LogP contribution is 2.46. The second kappa shape index (κ2) is 6.86. The fourth-order valence-corrected chi connectivity index (χ4v) is 3.20. The lowest BCUT2D eigenvalue weighted by Gasteiger charge is -2.31. The maximum absolute atomic E-state index is 11.0. The Morgan fingerprint density at radius 2 is 1.87 bits per heavy atom. The van der Waals surface area contributed by atoms with E-state index in [9.17, 15) is 15.0 Å². The highest BCUT2D eigenvalue weighted by Gasteiger charge is 2.29. The first-order chi connectivity index (χ1) is 10.8. The molecular weight excluding hydrogens is 288 g/mol. The maximum atomic E-state index is 11.0. The fourth-order valence-electron chi connectivity index (χ4n) is 3.20. The molecule has 0 aromatic heterocycles. The molecule has 0 radical (unpaired) electrons. The highest BCUT2D eigenvalue weighted by atomic mass is 16.3. The number of phenols is 2. The van der Waals surface area contributed by atoms with Gasteiger partial charge >= 0.3 is 0 Å². The van der Waals surface area contributed by atoms with Crippen LogP contribution in [0.5, 0.6) is 11.5 Å². The van der Waals surface area contributed by atoms with Crippen LogP contribution >= 0.6 is 0 Å². The number of carbonyl (C=O) groups is 1. The third kappa shape index (κ3) is 3.92. The van der Waals surface area contributed by atoms with Gasteiger partial charge in [0.25, 0.3) is 0 Å². The van der Waals surface area contributed by atoms with E-state index in [1.807, 2.05) is 6.92 Å². The van der Waals surface area contributed by atoms with Crippen LogP contribution in [0.2, 0.25) is 0 Å². The number of carbonyl (C=O) groups excluding carboxylic acids is 1. The Hall–Kier alpha value is -2.29. The molecule has 2 atom stereocenters. The van der Waals surface area contributed by atoms with Gasteiger partial charge in [-0.15, -0.1) is 0 Å². The molecule has 1 aromatic carbocycles. The smallest absolute Gasteiger partial charge is 0.152 e. The van der Waals surface area contributed by atoms with Crippen LogP contribution < -0.4 is 0 Å². The first-order valence-corrected chi connectivity index (χ1v) is 7.86. The normalized spacial score (nSPS) is 21.3. The number of rotatable bonds is 4. The second-order valence-electron chi connectivity index (χ2n) is 6.45. The van der Waals surface area contributed by atoms with Crippen molar-refractivity contribution in [2.45, 2.75) is 39.5 Å². The first-order valence-electron chi connectivity index (χ1n) is 7.86. The highest BCUT2D eigenvalue weighted by molar-refractivity contribution is 5.91. The summed E-state index contributed by atoms with van der Waals surface area (Å²) in [4.78, 5) is 11.0. The Bertz CT molecular complexity index is 672. The summed E-state index contributed by atoms with van der Waals surface area (Å²) in [6, 6.07) is 3.17. The molecule has 2 N–H and O–H groups in total. The van der Waals surface area contributed by atoms with Crippen molar-refractivity contribution in [3.8, 4) is 11.5 Å². The fraction of sp³-hybridized carbons (Fsp3) is 0.350. The Balaban J connectivity index is 2.47. The first kappa shape index (κ1) is 17.1. The minimum Gasteiger partial charge on any atom is -0.507 e. The molecule has 1 aromatic rings. The third-order valence-electron chi connectivity index (χ3n) is 4.38. The van der Waals surface area contributed by atoms with E-state index >= 15 is 0 Å². The lowest BCUT2D eigenvalue weighted by Crippen LogP contribution is -2.17. The summed E-state index contributed by atoms with van der Waals surface area (Å²) in [5.41, 5.74) is 3.45. The molecule has 122 valence electrons. The topological polar surface area (TPSA) is 57.5 Å². The molecule has 0 amide bonds. The predicted molar refractivity (Wildman–Crippen MR) is 93.5 cm³/mol. The quantitative estimate of drug-likeness (QED) is 0.625. The van der Waals surface area contributed by atoms with Crippen molar-refractivity contribution in [2.24, 2.45) is 5.92 Å². The van der Waals surface area contributed by atoms with Crippen LogP contribution in [-0.2, 0) is 4.79 Å². The average Bonchev–Trinajstić information content (AvgIpc) is 2.44. The van der Waals surface area contributed by atoms with Crippen molar-refractivity contribution < 1.29 is 15.0 Å². The molecule has 3 heteroatoms. The van der Waals surface area contributed by atoms with Gasteiger partial charge < -0.3 is 10.2 Å². The monoisotopic (exact) mass is 312 g/mol. The summed E-state index contributed by atoms with van der Waals surface area (Å²) in [5, 5.41) is 20.9. The van der Waals surface area contributed by atoms with Crippen LogP contribution in [0.3, 0.4) is 0 Å². The van der Waals surface area contributed by atoms with Gasteiger partial charge in [-0.25, -0.2) is 0 Å². The van der Waals surface area contributed by atoms with E-state index in [0.29, 0.717) is 11.1 Å². The van der Waals surface area contributed by atoms with Crippen LogP contribution in [0.4, 0.5) is 0 Å². The minimum absolute atomic E-state index is 0.0513. The molecule has 0 spiro atoms. The van der Waals surface area contributed by atoms with Gasteiger partial charge in [0.15, 0.2) is 5.78 Å². The Labute approximate surface area is 137 Å². The van der Waals surface area contributed by atoms with Gasteiger partial charge in [-0.2, -0.15) is 0 Å². The lowest BCUT2D eigenvalue weighted by molar-refractivity contribution is -0.112. The van der Waals surface area contributed by atoms with E-state index in [2.05, 4.69) is 19.6 Å². The summed E-state index contributed by atoms with van der Waals surface area (Å²) < 4.78 is 0. The number of allylic oxidation sites excluding steroid dienone is 4. The number of benzene rings is 1. The maximum Gasteiger partial charge on any atom is 0.152 e. The summed E-state index contributed by atoms with van der Waals surface area (Å²) in [7, 11) is 0. The number of hydrogen-bond acceptors (Lipinski definition) is 3. The zero-order chi connectivity index (χ0) is 17.1. The van der Waals surface area contributed by atoms with E-state index in [1.54, 1.807) is 18.2 Å². The molecule has 0 bridgehead atoms. The molecule has 0 saturated heterocycles. The van der Waals surface area contributed by atoms with Gasteiger partial charge in [0.2, 0.25) is 0 Å². The minimum atomic E-state index is -0.0822. The van der Waals surface area contributed by atoms with Crippen molar-refractivity contribution in [1.29, 1.82) is 0 Å². The molecule has 0 saturated carbocycles. The van der Waals surface area contributed by atoms with E-state index in [-0.39, 0.29) is 29.1 Å². The van der Waals surface area contributed by atoms with Crippen LogP contribution in [0.15, 0.2) is 42.0 Å². The number of ketones is 1. The second-order valence-corrected chi connectivity index (χ2v) is 6.45. The molecular formula is C20H24O3. The lowest BCUT2D eigenvalue weighted by atomic mass is 9.73. The van der Waals surface area contributed by atoms with Gasteiger partial charge in [-0.3, -0.25) is 4.79 Å². The molecule has 0 unspecified atom stereocenters. The molecule has 0 fully saturated rings. The molecule has 23 heavy (non-hydrogen) atoms. The largest absolute Gasteiger partial charge is 0.507 e. The summed E-state index contributed by atoms with van der Waals surface area (Å²) in [6.07, 6.45) is 7.09. The summed E-state index contributed by atoms with van der Waals surface area (Å²) in [5.74, 6) is 0.147. The third-order valence-corrected chi connectivity index (χ3v) is 4.38. The van der Waals surface area contributed by atoms with Gasteiger partial charge in [0.1, 0.15) is 11.5 Å². The summed E-state index contributed by atoms with van der Waals surface area (Å²) in [6.45, 7) is 9.58. The number of aromatic hydroxyl groups is 2. The average molecular weight is 312 g/mol. The standard InChI is InChI=1S/C20H24O3/c1-12(2)16-8-5-13(3)9-17(16)20-18(22)10-15(11-19(20)23)7-6-14(4)21/h6-7,9-11,16-17,22-23H,1,5,8H2,2-4H3/b7-6+/t16-,17+/m0/s1. The van der Waals surface area contributed by atoms with Crippen molar-refractivity contribution in [2.75, 3.05) is 0 Å². The van der Waals surface area contributed by atoms with E-state index in [4.69, 9.17) is 0 Å². The van der Waals surface area contributed by atoms with E-state index < -0.39 is 0 Å². The predicted octanol–water partition coefficient (Wildman–Crippen LogP) is 4.72. The van der Waals surface area contributed by atoms with Crippen LogP contribution in [0, 0.1) is 5.92 Å². The van der Waals surface area contributed by atoms with Gasteiger partial charge in [-0.1, -0.05) is 29.9 Å². The summed E-state index contributed by atoms with van der Waals surface area (Å²) >= 11 is 0.